The van der Waals surface area contributed by atoms with E-state index in [-0.39, 0.29) is 16.9 Å². The molecule has 0 unspecified atom stereocenters. The largest absolute Gasteiger partial charge is 0.504 e. The Morgan fingerprint density at radius 1 is 1.17 bits per heavy atom. The van der Waals surface area contributed by atoms with Crippen LogP contribution in [-0.4, -0.2) is 20.9 Å². The third-order valence-electron chi connectivity index (χ3n) is 7.25. The fraction of sp³-hybridized carbons (Fsp3) is 0.600. The van der Waals surface area contributed by atoms with Crippen LogP contribution in [0.1, 0.15) is 56.1 Å². The number of phenolic OH excluding ortho intramolecular Hbond substituents is 2. The molecule has 2 fully saturated rings. The number of rotatable bonds is 0. The van der Waals surface area contributed by atoms with Crippen LogP contribution in [0.15, 0.2) is 12.1 Å². The van der Waals surface area contributed by atoms with Crippen molar-refractivity contribution in [3.8, 4) is 23.8 Å². The molecule has 0 spiro atoms. The van der Waals surface area contributed by atoms with Crippen LogP contribution in [-0.2, 0) is 6.42 Å². The van der Waals surface area contributed by atoms with Gasteiger partial charge in [0.25, 0.3) is 0 Å². The van der Waals surface area contributed by atoms with Crippen molar-refractivity contribution in [2.45, 2.75) is 57.0 Å². The zero-order chi connectivity index (χ0) is 16.4. The number of hydrogen-bond donors (Lipinski definition) is 3. The SMILES string of the molecule is C#C[C@]1(O)CC[C@@H]2[C@@H]3CCc4c(ccc(O)c4O)[C@H]3CC[C@@]21C. The number of fused-ring (bicyclic) bond motifs is 5. The molecular weight excluding hydrogens is 288 g/mol. The Balaban J connectivity index is 1.74. The highest BCUT2D eigenvalue weighted by Gasteiger charge is 2.61. The molecule has 3 heteroatoms. The van der Waals surface area contributed by atoms with Gasteiger partial charge in [0.05, 0.1) is 0 Å². The molecule has 0 bridgehead atoms. The summed E-state index contributed by atoms with van der Waals surface area (Å²) in [4.78, 5) is 0. The van der Waals surface area contributed by atoms with Gasteiger partial charge in [-0.25, -0.2) is 0 Å². The van der Waals surface area contributed by atoms with Gasteiger partial charge >= 0.3 is 0 Å². The molecular formula is C20H24O3. The summed E-state index contributed by atoms with van der Waals surface area (Å²) >= 11 is 0. The van der Waals surface area contributed by atoms with Crippen molar-refractivity contribution in [2.24, 2.45) is 17.3 Å². The van der Waals surface area contributed by atoms with E-state index >= 15 is 0 Å². The summed E-state index contributed by atoms with van der Waals surface area (Å²) in [5.41, 5.74) is 0.939. The van der Waals surface area contributed by atoms with Gasteiger partial charge in [0.1, 0.15) is 5.60 Å². The normalized spacial score (nSPS) is 41.5. The molecule has 2 saturated carbocycles. The van der Waals surface area contributed by atoms with Crippen LogP contribution in [0.5, 0.6) is 11.5 Å². The van der Waals surface area contributed by atoms with Gasteiger partial charge in [-0.1, -0.05) is 18.9 Å². The first-order chi connectivity index (χ1) is 10.9. The van der Waals surface area contributed by atoms with E-state index < -0.39 is 5.60 Å². The lowest BCUT2D eigenvalue weighted by molar-refractivity contribution is -0.0647. The fourth-order valence-corrected chi connectivity index (χ4v) is 5.89. The lowest BCUT2D eigenvalue weighted by Crippen LogP contribution is -2.50. The van der Waals surface area contributed by atoms with Crippen LogP contribution in [0, 0.1) is 29.6 Å². The third kappa shape index (κ3) is 1.76. The van der Waals surface area contributed by atoms with Gasteiger partial charge in [-0.05, 0) is 67.9 Å². The quantitative estimate of drug-likeness (QED) is 0.509. The van der Waals surface area contributed by atoms with E-state index in [0.29, 0.717) is 24.2 Å². The van der Waals surface area contributed by atoms with Gasteiger partial charge in [0.2, 0.25) is 0 Å². The maximum absolute atomic E-state index is 10.9. The third-order valence-corrected chi connectivity index (χ3v) is 7.25. The Bertz CT molecular complexity index is 704. The van der Waals surface area contributed by atoms with E-state index in [1.54, 1.807) is 6.07 Å². The maximum Gasteiger partial charge on any atom is 0.160 e. The van der Waals surface area contributed by atoms with E-state index in [1.807, 2.05) is 6.07 Å². The van der Waals surface area contributed by atoms with Crippen molar-refractivity contribution in [1.29, 1.82) is 0 Å². The molecule has 0 saturated heterocycles. The van der Waals surface area contributed by atoms with Crippen LogP contribution >= 0.6 is 0 Å². The predicted octanol–water partition coefficient (Wildman–Crippen LogP) is 3.32. The van der Waals surface area contributed by atoms with E-state index in [4.69, 9.17) is 6.42 Å². The van der Waals surface area contributed by atoms with Crippen molar-refractivity contribution in [2.75, 3.05) is 0 Å². The van der Waals surface area contributed by atoms with Gasteiger partial charge in [-0.3, -0.25) is 0 Å². The average molecular weight is 312 g/mol. The molecule has 5 atom stereocenters. The summed E-state index contributed by atoms with van der Waals surface area (Å²) < 4.78 is 0. The van der Waals surface area contributed by atoms with Crippen LogP contribution in [0.4, 0.5) is 0 Å². The van der Waals surface area contributed by atoms with Gasteiger partial charge in [-0.15, -0.1) is 6.42 Å². The zero-order valence-electron chi connectivity index (χ0n) is 13.5. The molecule has 0 heterocycles. The summed E-state index contributed by atoms with van der Waals surface area (Å²) in [5, 5.41) is 30.8. The molecule has 3 nitrogen and oxygen atoms in total. The van der Waals surface area contributed by atoms with Crippen molar-refractivity contribution in [1.82, 2.24) is 0 Å². The highest BCUT2D eigenvalue weighted by Crippen LogP contribution is 2.64. The lowest BCUT2D eigenvalue weighted by atomic mass is 9.53. The molecule has 1 aromatic rings. The van der Waals surface area contributed by atoms with Crippen molar-refractivity contribution >= 4 is 0 Å². The summed E-state index contributed by atoms with van der Waals surface area (Å²) in [6.07, 6.45) is 11.0. The Kier molecular flexibility index (Phi) is 3.03. The number of terminal acetylenes is 1. The van der Waals surface area contributed by atoms with E-state index in [1.165, 1.54) is 5.56 Å². The van der Waals surface area contributed by atoms with Crippen LogP contribution < -0.4 is 0 Å². The lowest BCUT2D eigenvalue weighted by Gasteiger charge is -2.52. The second kappa shape index (κ2) is 4.68. The minimum Gasteiger partial charge on any atom is -0.504 e. The first kappa shape index (κ1) is 14.9. The average Bonchev–Trinajstić information content (AvgIpc) is 2.83. The fourth-order valence-electron chi connectivity index (χ4n) is 5.89. The van der Waals surface area contributed by atoms with Gasteiger partial charge in [0.15, 0.2) is 11.5 Å². The Labute approximate surface area is 137 Å². The molecule has 0 aliphatic heterocycles. The van der Waals surface area contributed by atoms with Crippen molar-refractivity contribution < 1.29 is 15.3 Å². The predicted molar refractivity (Wildman–Crippen MR) is 88.2 cm³/mol. The first-order valence-corrected chi connectivity index (χ1v) is 8.65. The molecule has 122 valence electrons. The number of hydrogen-bond acceptors (Lipinski definition) is 3. The molecule has 0 aromatic heterocycles. The number of phenols is 2. The summed E-state index contributed by atoms with van der Waals surface area (Å²) in [6.45, 7) is 2.17. The topological polar surface area (TPSA) is 60.7 Å². The Morgan fingerprint density at radius 3 is 2.70 bits per heavy atom. The maximum atomic E-state index is 10.9. The van der Waals surface area contributed by atoms with Crippen molar-refractivity contribution in [3.63, 3.8) is 0 Å². The summed E-state index contributed by atoms with van der Waals surface area (Å²) in [6, 6.07) is 3.59. The smallest absolute Gasteiger partial charge is 0.160 e. The molecule has 0 radical (unpaired) electrons. The second-order valence-corrected chi connectivity index (χ2v) is 7.92. The minimum absolute atomic E-state index is 0.0228. The molecule has 0 amide bonds. The van der Waals surface area contributed by atoms with Crippen LogP contribution in [0.25, 0.3) is 0 Å². The minimum atomic E-state index is -0.972. The summed E-state index contributed by atoms with van der Waals surface area (Å²) in [5.74, 6) is 4.08. The molecule has 1 aromatic carbocycles. The molecule has 3 aliphatic carbocycles. The summed E-state index contributed by atoms with van der Waals surface area (Å²) in [7, 11) is 0. The van der Waals surface area contributed by atoms with Crippen LogP contribution in [0.2, 0.25) is 0 Å². The Morgan fingerprint density at radius 2 is 1.96 bits per heavy atom. The zero-order valence-corrected chi connectivity index (χ0v) is 13.5. The monoisotopic (exact) mass is 312 g/mol. The van der Waals surface area contributed by atoms with Crippen LogP contribution in [0.3, 0.4) is 0 Å². The van der Waals surface area contributed by atoms with Gasteiger partial charge in [0, 0.05) is 11.0 Å². The molecule has 23 heavy (non-hydrogen) atoms. The molecule has 3 N–H and O–H groups in total. The van der Waals surface area contributed by atoms with E-state index in [9.17, 15) is 15.3 Å². The number of aromatic hydroxyl groups is 2. The molecule has 4 rings (SSSR count). The number of benzene rings is 1. The highest BCUT2D eigenvalue weighted by atomic mass is 16.3. The van der Waals surface area contributed by atoms with E-state index in [2.05, 4.69) is 12.8 Å². The van der Waals surface area contributed by atoms with E-state index in [0.717, 1.165) is 37.7 Å². The first-order valence-electron chi connectivity index (χ1n) is 8.65. The van der Waals surface area contributed by atoms with Crippen molar-refractivity contribution in [3.05, 3.63) is 23.3 Å². The van der Waals surface area contributed by atoms with Gasteiger partial charge < -0.3 is 15.3 Å². The highest BCUT2D eigenvalue weighted by molar-refractivity contribution is 5.51. The molecule has 3 aliphatic rings. The standard InChI is InChI=1S/C20H24O3/c1-3-20(23)11-9-16-14-4-5-15-12(6-7-17(21)18(15)22)13(14)8-10-19(16,20)2/h1,6-7,13-14,16,21-23H,4-5,8-11H2,2H3/t13-,14-,16-,19+,20+/m1/s1. The number of aliphatic hydroxyl groups is 1. The second-order valence-electron chi connectivity index (χ2n) is 7.92. The Hall–Kier alpha value is -1.66. The van der Waals surface area contributed by atoms with Gasteiger partial charge in [-0.2, -0.15) is 0 Å².